The van der Waals surface area contributed by atoms with Gasteiger partial charge in [0.05, 0.1) is 5.69 Å². The van der Waals surface area contributed by atoms with Crippen LogP contribution in [-0.4, -0.2) is 36.7 Å². The van der Waals surface area contributed by atoms with E-state index in [0.29, 0.717) is 37.5 Å². The van der Waals surface area contributed by atoms with Crippen molar-refractivity contribution in [3.8, 4) is 17.2 Å². The Hall–Kier alpha value is -2.54. The van der Waals surface area contributed by atoms with Crippen molar-refractivity contribution in [1.82, 2.24) is 14.9 Å². The van der Waals surface area contributed by atoms with Gasteiger partial charge in [-0.1, -0.05) is 19.3 Å². The number of hydrogen-bond donors (Lipinski definition) is 4. The number of hydrogen-bond acceptors (Lipinski definition) is 6. The summed E-state index contributed by atoms with van der Waals surface area (Å²) >= 11 is 0. The third-order valence-corrected chi connectivity index (χ3v) is 5.73. The second kappa shape index (κ2) is 7.23. The molecule has 0 saturated heterocycles. The van der Waals surface area contributed by atoms with E-state index in [0.717, 1.165) is 29.9 Å². The van der Waals surface area contributed by atoms with Crippen LogP contribution in [0.15, 0.2) is 16.9 Å². The number of nitrogens with one attached hydrogen (secondary N) is 1. The summed E-state index contributed by atoms with van der Waals surface area (Å²) in [6.07, 6.45) is 6.33. The summed E-state index contributed by atoms with van der Waals surface area (Å²) in [7, 11) is 0. The van der Waals surface area contributed by atoms with Crippen LogP contribution in [0.25, 0.3) is 0 Å². The molecule has 4 N–H and O–H groups in total. The van der Waals surface area contributed by atoms with Gasteiger partial charge >= 0.3 is 0 Å². The quantitative estimate of drug-likeness (QED) is 0.660. The van der Waals surface area contributed by atoms with Gasteiger partial charge < -0.3 is 20.3 Å². The highest BCUT2D eigenvalue weighted by Crippen LogP contribution is 2.34. The summed E-state index contributed by atoms with van der Waals surface area (Å²) in [6.45, 7) is 1.46. The average Bonchev–Trinajstić information content (AvgIpc) is 2.65. The van der Waals surface area contributed by atoms with E-state index in [1.165, 1.54) is 31.4 Å². The Kier molecular flexibility index (Phi) is 4.78. The topological polar surface area (TPSA) is 110 Å². The lowest BCUT2D eigenvalue weighted by molar-refractivity contribution is 0.233. The van der Waals surface area contributed by atoms with E-state index in [1.54, 1.807) is 0 Å². The zero-order valence-corrected chi connectivity index (χ0v) is 15.2. The number of H-pyrrole nitrogens is 1. The summed E-state index contributed by atoms with van der Waals surface area (Å²) in [5.41, 5.74) is 1.87. The number of aromatic amines is 1. The summed E-state index contributed by atoms with van der Waals surface area (Å²) < 4.78 is 0. The molecule has 1 aliphatic heterocycles. The Morgan fingerprint density at radius 3 is 2.52 bits per heavy atom. The number of fused-ring (bicyclic) bond motifs is 1. The van der Waals surface area contributed by atoms with Crippen molar-refractivity contribution in [2.75, 3.05) is 6.54 Å². The summed E-state index contributed by atoms with van der Waals surface area (Å²) in [5.74, 6) is 0.677. The minimum Gasteiger partial charge on any atom is -0.508 e. The molecule has 1 saturated carbocycles. The highest BCUT2D eigenvalue weighted by Gasteiger charge is 2.25. The van der Waals surface area contributed by atoms with Gasteiger partial charge in [0.15, 0.2) is 0 Å². The molecule has 1 aromatic heterocycles. The normalized spacial score (nSPS) is 18.4. The smallest absolute Gasteiger partial charge is 0.254 e. The zero-order valence-electron chi connectivity index (χ0n) is 15.2. The first-order valence-electron chi connectivity index (χ1n) is 9.59. The second-order valence-corrected chi connectivity index (χ2v) is 7.63. The third-order valence-electron chi connectivity index (χ3n) is 5.73. The highest BCUT2D eigenvalue weighted by molar-refractivity contribution is 5.48. The van der Waals surface area contributed by atoms with Gasteiger partial charge in [0.1, 0.15) is 23.1 Å². The number of benzene rings is 1. The standard InChI is InChI=1S/C20H25N3O4/c24-13-8-17(25)15(18(26)9-13)10-23-7-6-14-16(11-23)21-19(22-20(14)27)12-4-2-1-3-5-12/h8-9,12,24-26H,1-7,10-11H2,(H,21,22,27). The number of nitrogens with zero attached hydrogens (tertiary/aromatic N) is 2. The van der Waals surface area contributed by atoms with Crippen molar-refractivity contribution in [2.24, 2.45) is 0 Å². The lowest BCUT2D eigenvalue weighted by Crippen LogP contribution is -2.35. The number of aromatic hydroxyl groups is 3. The lowest BCUT2D eigenvalue weighted by Gasteiger charge is -2.29. The molecule has 7 nitrogen and oxygen atoms in total. The Balaban J connectivity index is 1.57. The third kappa shape index (κ3) is 3.64. The van der Waals surface area contributed by atoms with Crippen LogP contribution in [0.2, 0.25) is 0 Å². The molecule has 0 unspecified atom stereocenters. The number of rotatable bonds is 3. The van der Waals surface area contributed by atoms with Crippen LogP contribution < -0.4 is 5.56 Å². The first kappa shape index (κ1) is 17.9. The number of phenols is 3. The van der Waals surface area contributed by atoms with Crippen LogP contribution in [-0.2, 0) is 19.5 Å². The number of phenolic OH excluding ortho intramolecular Hbond substituents is 3. The molecule has 2 aliphatic rings. The van der Waals surface area contributed by atoms with E-state index in [9.17, 15) is 20.1 Å². The van der Waals surface area contributed by atoms with Gasteiger partial charge in [-0.3, -0.25) is 9.69 Å². The molecule has 144 valence electrons. The van der Waals surface area contributed by atoms with E-state index in [1.807, 2.05) is 4.90 Å². The average molecular weight is 371 g/mol. The van der Waals surface area contributed by atoms with Crippen molar-refractivity contribution in [2.45, 2.75) is 57.5 Å². The van der Waals surface area contributed by atoms with Crippen LogP contribution in [0.4, 0.5) is 0 Å². The maximum atomic E-state index is 12.5. The molecule has 27 heavy (non-hydrogen) atoms. The van der Waals surface area contributed by atoms with Crippen molar-refractivity contribution >= 4 is 0 Å². The molecular weight excluding hydrogens is 346 g/mol. The van der Waals surface area contributed by atoms with Crippen LogP contribution >= 0.6 is 0 Å². The molecule has 7 heteroatoms. The first-order chi connectivity index (χ1) is 13.0. The van der Waals surface area contributed by atoms with E-state index in [2.05, 4.69) is 4.98 Å². The predicted octanol–water partition coefficient (Wildman–Crippen LogP) is 2.49. The Morgan fingerprint density at radius 2 is 1.81 bits per heavy atom. The second-order valence-electron chi connectivity index (χ2n) is 7.63. The van der Waals surface area contributed by atoms with E-state index >= 15 is 0 Å². The van der Waals surface area contributed by atoms with Gasteiger partial charge in [-0.05, 0) is 19.3 Å². The molecule has 0 spiro atoms. The van der Waals surface area contributed by atoms with Gasteiger partial charge in [-0.25, -0.2) is 4.98 Å². The summed E-state index contributed by atoms with van der Waals surface area (Å²) in [4.78, 5) is 22.4. The largest absolute Gasteiger partial charge is 0.508 e. The Morgan fingerprint density at radius 1 is 1.11 bits per heavy atom. The number of aromatic nitrogens is 2. The van der Waals surface area contributed by atoms with Crippen LogP contribution in [0, 0.1) is 0 Å². The fourth-order valence-corrected chi connectivity index (χ4v) is 4.23. The van der Waals surface area contributed by atoms with Gasteiger partial charge in [0.25, 0.3) is 5.56 Å². The molecule has 1 aliphatic carbocycles. The molecule has 1 fully saturated rings. The van der Waals surface area contributed by atoms with Gasteiger partial charge in [0.2, 0.25) is 0 Å². The predicted molar refractivity (Wildman–Crippen MR) is 99.9 cm³/mol. The molecule has 0 radical (unpaired) electrons. The van der Waals surface area contributed by atoms with Crippen molar-refractivity contribution in [3.63, 3.8) is 0 Å². The van der Waals surface area contributed by atoms with Crippen molar-refractivity contribution < 1.29 is 15.3 Å². The zero-order chi connectivity index (χ0) is 19.0. The molecule has 0 atom stereocenters. The van der Waals surface area contributed by atoms with Crippen molar-refractivity contribution in [3.05, 3.63) is 45.1 Å². The van der Waals surface area contributed by atoms with Crippen LogP contribution in [0.1, 0.15) is 60.7 Å². The van der Waals surface area contributed by atoms with Gasteiger partial charge in [0, 0.05) is 48.8 Å². The monoisotopic (exact) mass is 371 g/mol. The lowest BCUT2D eigenvalue weighted by atomic mass is 9.88. The highest BCUT2D eigenvalue weighted by atomic mass is 16.3. The van der Waals surface area contributed by atoms with E-state index in [4.69, 9.17) is 4.98 Å². The molecule has 2 aromatic rings. The van der Waals surface area contributed by atoms with Gasteiger partial charge in [-0.2, -0.15) is 0 Å². The molecule has 2 heterocycles. The maximum absolute atomic E-state index is 12.5. The maximum Gasteiger partial charge on any atom is 0.254 e. The molecule has 1 aromatic carbocycles. The molecule has 4 rings (SSSR count). The fraction of sp³-hybridized carbons (Fsp3) is 0.500. The molecule has 0 amide bonds. The van der Waals surface area contributed by atoms with E-state index in [-0.39, 0.29) is 22.8 Å². The molecular formula is C20H25N3O4. The Labute approximate surface area is 157 Å². The fourth-order valence-electron chi connectivity index (χ4n) is 4.23. The van der Waals surface area contributed by atoms with E-state index < -0.39 is 0 Å². The SMILES string of the molecule is O=c1[nH]c(C2CCCCC2)nc2c1CCN(Cc1c(O)cc(O)cc1O)C2. The minimum absolute atomic E-state index is 0.0319. The summed E-state index contributed by atoms with van der Waals surface area (Å²) in [6, 6.07) is 2.44. The van der Waals surface area contributed by atoms with Crippen molar-refractivity contribution in [1.29, 1.82) is 0 Å². The van der Waals surface area contributed by atoms with Crippen LogP contribution in [0.3, 0.4) is 0 Å². The minimum atomic E-state index is -0.178. The van der Waals surface area contributed by atoms with Crippen LogP contribution in [0.5, 0.6) is 17.2 Å². The first-order valence-corrected chi connectivity index (χ1v) is 9.59. The Bertz CT molecular complexity index is 880. The summed E-state index contributed by atoms with van der Waals surface area (Å²) in [5, 5.41) is 29.5. The molecule has 0 bridgehead atoms. The van der Waals surface area contributed by atoms with Gasteiger partial charge in [-0.15, -0.1) is 0 Å².